The molecule has 1 fully saturated rings. The van der Waals surface area contributed by atoms with Crippen molar-refractivity contribution < 1.29 is 4.79 Å². The first-order chi connectivity index (χ1) is 10.3. The number of hydrogen-bond acceptors (Lipinski definition) is 3. The largest absolute Gasteiger partial charge is 0.346 e. The van der Waals surface area contributed by atoms with Crippen molar-refractivity contribution >= 4 is 18.3 Å². The zero-order chi connectivity index (χ0) is 16.3. The van der Waals surface area contributed by atoms with Crippen molar-refractivity contribution in [1.82, 2.24) is 15.1 Å². The Morgan fingerprint density at radius 3 is 2.48 bits per heavy atom. The van der Waals surface area contributed by atoms with E-state index in [9.17, 15) is 4.79 Å². The molecule has 132 valence electrons. The topological polar surface area (TPSA) is 72.9 Å². The summed E-state index contributed by atoms with van der Waals surface area (Å²) in [6, 6.07) is 1.96. The predicted octanol–water partition coefficient (Wildman–Crippen LogP) is 2.78. The van der Waals surface area contributed by atoms with E-state index in [0.717, 1.165) is 5.69 Å². The molecule has 1 unspecified atom stereocenters. The molecule has 1 aliphatic carbocycles. The van der Waals surface area contributed by atoms with Crippen LogP contribution in [0.25, 0.3) is 0 Å². The number of aromatic nitrogens is 2. The molecule has 2 rings (SSSR count). The van der Waals surface area contributed by atoms with Gasteiger partial charge in [0.15, 0.2) is 0 Å². The Morgan fingerprint density at radius 1 is 1.39 bits per heavy atom. The molecule has 0 aliphatic heterocycles. The van der Waals surface area contributed by atoms with Crippen LogP contribution in [0.2, 0.25) is 0 Å². The highest BCUT2D eigenvalue weighted by molar-refractivity contribution is 5.93. The normalized spacial score (nSPS) is 17.4. The number of hydrogen-bond donors (Lipinski definition) is 2. The number of nitrogens with two attached hydrogens (primary N) is 1. The smallest absolute Gasteiger partial charge is 0.269 e. The second-order valence-corrected chi connectivity index (χ2v) is 7.50. The highest BCUT2D eigenvalue weighted by atomic mass is 35.5. The van der Waals surface area contributed by atoms with Crippen LogP contribution in [0.3, 0.4) is 0 Å². The van der Waals surface area contributed by atoms with Gasteiger partial charge in [0, 0.05) is 25.0 Å². The van der Waals surface area contributed by atoms with Gasteiger partial charge in [-0.3, -0.25) is 9.48 Å². The second-order valence-electron chi connectivity index (χ2n) is 7.50. The molecular formula is C17H31ClN4O. The van der Waals surface area contributed by atoms with Crippen molar-refractivity contribution in [2.45, 2.75) is 64.3 Å². The first-order valence-electron chi connectivity index (χ1n) is 8.38. The Hall–Kier alpha value is -1.07. The molecule has 1 aromatic heterocycles. The van der Waals surface area contributed by atoms with Crippen molar-refractivity contribution in [1.29, 1.82) is 0 Å². The van der Waals surface area contributed by atoms with E-state index >= 15 is 0 Å². The summed E-state index contributed by atoms with van der Waals surface area (Å²) in [6.07, 6.45) is 6.13. The molecule has 1 saturated carbocycles. The lowest BCUT2D eigenvalue weighted by molar-refractivity contribution is 0.0906. The van der Waals surface area contributed by atoms with E-state index in [4.69, 9.17) is 5.73 Å². The van der Waals surface area contributed by atoms with Crippen molar-refractivity contribution in [3.63, 3.8) is 0 Å². The van der Waals surface area contributed by atoms with Crippen LogP contribution in [0.15, 0.2) is 6.07 Å². The van der Waals surface area contributed by atoms with E-state index in [1.54, 1.807) is 4.68 Å². The standard InChI is InChI=1S/C17H30N4O.ClH/c1-17(2,3)15-10-14(21(4)20-15)16(22)19-13(11-18)12-8-6-5-7-9-12;/h10,12-13H,5-9,11,18H2,1-4H3,(H,19,22);1H. The summed E-state index contributed by atoms with van der Waals surface area (Å²) in [6.45, 7) is 6.80. The van der Waals surface area contributed by atoms with Crippen LogP contribution in [-0.4, -0.2) is 28.3 Å². The first-order valence-corrected chi connectivity index (χ1v) is 8.38. The molecule has 23 heavy (non-hydrogen) atoms. The molecule has 1 aliphatic rings. The number of aryl methyl sites for hydroxylation is 1. The van der Waals surface area contributed by atoms with Crippen LogP contribution in [0.1, 0.15) is 69.1 Å². The zero-order valence-corrected chi connectivity index (χ0v) is 15.6. The highest BCUT2D eigenvalue weighted by Crippen LogP contribution is 2.26. The first kappa shape index (κ1) is 20.0. The van der Waals surface area contributed by atoms with Crippen molar-refractivity contribution in [2.75, 3.05) is 6.54 Å². The number of nitrogens with zero attached hydrogens (tertiary/aromatic N) is 2. The fourth-order valence-corrected chi connectivity index (χ4v) is 3.19. The molecule has 0 radical (unpaired) electrons. The monoisotopic (exact) mass is 342 g/mol. The Morgan fingerprint density at radius 2 is 2.00 bits per heavy atom. The van der Waals surface area contributed by atoms with Gasteiger partial charge in [0.25, 0.3) is 5.91 Å². The molecule has 3 N–H and O–H groups in total. The van der Waals surface area contributed by atoms with Crippen LogP contribution in [-0.2, 0) is 12.5 Å². The van der Waals surface area contributed by atoms with E-state index in [1.807, 2.05) is 13.1 Å². The summed E-state index contributed by atoms with van der Waals surface area (Å²) in [7, 11) is 1.82. The van der Waals surface area contributed by atoms with E-state index in [0.29, 0.717) is 18.2 Å². The average molecular weight is 343 g/mol. The van der Waals surface area contributed by atoms with Crippen molar-refractivity contribution in [3.8, 4) is 0 Å². The van der Waals surface area contributed by atoms with E-state index in [1.165, 1.54) is 32.1 Å². The third-order valence-corrected chi connectivity index (χ3v) is 4.67. The molecule has 1 atom stereocenters. The van der Waals surface area contributed by atoms with Gasteiger partial charge in [-0.15, -0.1) is 12.4 Å². The maximum atomic E-state index is 12.6. The molecular weight excluding hydrogens is 312 g/mol. The molecule has 1 heterocycles. The predicted molar refractivity (Wildman–Crippen MR) is 96.0 cm³/mol. The summed E-state index contributed by atoms with van der Waals surface area (Å²) in [5.41, 5.74) is 7.39. The Labute approximate surface area is 145 Å². The van der Waals surface area contributed by atoms with E-state index in [2.05, 4.69) is 31.2 Å². The SMILES string of the molecule is Cl.Cn1nc(C(C)(C)C)cc1C(=O)NC(CN)C1CCCCC1. The fourth-order valence-electron chi connectivity index (χ4n) is 3.19. The van der Waals surface area contributed by atoms with Crippen LogP contribution in [0.4, 0.5) is 0 Å². The molecule has 0 aromatic carbocycles. The maximum absolute atomic E-state index is 12.6. The minimum Gasteiger partial charge on any atom is -0.346 e. The van der Waals surface area contributed by atoms with Gasteiger partial charge in [0.05, 0.1) is 5.69 Å². The summed E-state index contributed by atoms with van der Waals surface area (Å²) in [5.74, 6) is 0.449. The Balaban J connectivity index is 0.00000264. The van der Waals surface area contributed by atoms with Crippen LogP contribution in [0.5, 0.6) is 0 Å². The van der Waals surface area contributed by atoms with Gasteiger partial charge in [0.1, 0.15) is 5.69 Å². The van der Waals surface area contributed by atoms with Gasteiger partial charge >= 0.3 is 0 Å². The summed E-state index contributed by atoms with van der Waals surface area (Å²) >= 11 is 0. The number of rotatable bonds is 4. The van der Waals surface area contributed by atoms with Gasteiger partial charge in [-0.1, -0.05) is 40.0 Å². The fraction of sp³-hybridized carbons (Fsp3) is 0.765. The van der Waals surface area contributed by atoms with Gasteiger partial charge < -0.3 is 11.1 Å². The molecule has 0 spiro atoms. The highest BCUT2D eigenvalue weighted by Gasteiger charge is 2.26. The summed E-state index contributed by atoms with van der Waals surface area (Å²) in [4.78, 5) is 12.6. The third kappa shape index (κ3) is 4.95. The number of amides is 1. The average Bonchev–Trinajstić information content (AvgIpc) is 2.87. The van der Waals surface area contributed by atoms with Crippen LogP contribution >= 0.6 is 12.4 Å². The van der Waals surface area contributed by atoms with Crippen LogP contribution in [0, 0.1) is 5.92 Å². The minimum atomic E-state index is -0.0634. The number of nitrogens with one attached hydrogen (secondary N) is 1. The second kappa shape index (κ2) is 8.15. The van der Waals surface area contributed by atoms with E-state index < -0.39 is 0 Å². The lowest BCUT2D eigenvalue weighted by atomic mass is 9.84. The Kier molecular flexibility index (Phi) is 7.08. The molecule has 5 nitrogen and oxygen atoms in total. The van der Waals surface area contributed by atoms with E-state index in [-0.39, 0.29) is 29.8 Å². The van der Waals surface area contributed by atoms with Crippen molar-refractivity contribution in [3.05, 3.63) is 17.5 Å². The molecule has 1 aromatic rings. The quantitative estimate of drug-likeness (QED) is 0.883. The number of carbonyl (C=O) groups is 1. The summed E-state index contributed by atoms with van der Waals surface area (Å²) < 4.78 is 1.67. The molecule has 6 heteroatoms. The zero-order valence-electron chi connectivity index (χ0n) is 14.8. The summed E-state index contributed by atoms with van der Waals surface area (Å²) in [5, 5.41) is 7.61. The van der Waals surface area contributed by atoms with Crippen LogP contribution < -0.4 is 11.1 Å². The number of halogens is 1. The Bertz CT molecular complexity index is 515. The minimum absolute atomic E-state index is 0. The van der Waals surface area contributed by atoms with Crippen molar-refractivity contribution in [2.24, 2.45) is 18.7 Å². The van der Waals surface area contributed by atoms with Gasteiger partial charge in [0.2, 0.25) is 0 Å². The molecule has 0 saturated heterocycles. The van der Waals surface area contributed by atoms with Gasteiger partial charge in [-0.2, -0.15) is 5.10 Å². The molecule has 0 bridgehead atoms. The lowest BCUT2D eigenvalue weighted by Crippen LogP contribution is -2.46. The maximum Gasteiger partial charge on any atom is 0.269 e. The van der Waals surface area contributed by atoms with Gasteiger partial charge in [-0.05, 0) is 24.8 Å². The molecule has 1 amide bonds. The lowest BCUT2D eigenvalue weighted by Gasteiger charge is -2.30. The third-order valence-electron chi connectivity index (χ3n) is 4.67. The van der Waals surface area contributed by atoms with Gasteiger partial charge in [-0.25, -0.2) is 0 Å². The number of carbonyl (C=O) groups excluding carboxylic acids is 1.